The number of piperazine rings is 1. The molecule has 2 heterocycles. The summed E-state index contributed by atoms with van der Waals surface area (Å²) in [5.74, 6) is -0.230. The van der Waals surface area contributed by atoms with Gasteiger partial charge in [0.25, 0.3) is 0 Å². The fourth-order valence-electron chi connectivity index (χ4n) is 3.39. The molecule has 7 heteroatoms. The quantitative estimate of drug-likeness (QED) is 0.819. The Kier molecular flexibility index (Phi) is 5.51. The molecule has 0 N–H and O–H groups in total. The average Bonchev–Trinajstić information content (AvgIpc) is 2.67. The third kappa shape index (κ3) is 3.91. The number of carbonyl (C=O) groups excluding carboxylic acids is 1. The lowest BCUT2D eigenvalue weighted by molar-refractivity contribution is -0.140. The van der Waals surface area contributed by atoms with E-state index < -0.39 is 0 Å². The molecule has 25 heavy (non-hydrogen) atoms. The van der Waals surface area contributed by atoms with E-state index in [1.807, 2.05) is 22.8 Å². The van der Waals surface area contributed by atoms with Crippen LogP contribution in [0.1, 0.15) is 12.5 Å². The second-order valence-corrected chi connectivity index (χ2v) is 6.41. The van der Waals surface area contributed by atoms with Crippen molar-refractivity contribution >= 4 is 11.6 Å². The molecule has 2 fully saturated rings. The van der Waals surface area contributed by atoms with E-state index in [-0.39, 0.29) is 17.8 Å². The molecule has 1 aromatic rings. The fraction of sp³-hybridized carbons (Fsp3) is 0.556. The molecule has 2 aliphatic rings. The van der Waals surface area contributed by atoms with E-state index in [0.29, 0.717) is 63.7 Å². The molecule has 1 atom stereocenters. The monoisotopic (exact) mass is 346 g/mol. The molecule has 2 aliphatic heterocycles. The van der Waals surface area contributed by atoms with Crippen molar-refractivity contribution in [1.29, 1.82) is 5.26 Å². The van der Waals surface area contributed by atoms with Crippen LogP contribution in [0.3, 0.4) is 0 Å². The first kappa shape index (κ1) is 17.6. The summed E-state index contributed by atoms with van der Waals surface area (Å²) >= 11 is 0. The summed E-state index contributed by atoms with van der Waals surface area (Å²) in [6.45, 7) is 7.17. The highest BCUT2D eigenvalue weighted by molar-refractivity contribution is 5.81. The second-order valence-electron chi connectivity index (χ2n) is 6.41. The molecule has 0 aliphatic carbocycles. The number of hydrogen-bond acceptors (Lipinski definition) is 5. The van der Waals surface area contributed by atoms with Crippen molar-refractivity contribution in [1.82, 2.24) is 9.80 Å². The summed E-state index contributed by atoms with van der Waals surface area (Å²) in [7, 11) is 0. The molecular formula is C18H23FN4O2. The number of morpholine rings is 1. The molecule has 0 bridgehead atoms. The van der Waals surface area contributed by atoms with Crippen molar-refractivity contribution in [3.8, 4) is 6.07 Å². The van der Waals surface area contributed by atoms with Crippen molar-refractivity contribution in [2.45, 2.75) is 13.0 Å². The van der Waals surface area contributed by atoms with Gasteiger partial charge in [0.15, 0.2) is 0 Å². The van der Waals surface area contributed by atoms with Crippen LogP contribution in [-0.4, -0.2) is 74.2 Å². The van der Waals surface area contributed by atoms with Crippen molar-refractivity contribution in [3.05, 3.63) is 29.6 Å². The third-order valence-corrected chi connectivity index (χ3v) is 4.96. The minimum absolute atomic E-state index is 0.140. The maximum atomic E-state index is 14.2. The lowest BCUT2D eigenvalue weighted by atomic mass is 10.1. The average molecular weight is 346 g/mol. The van der Waals surface area contributed by atoms with Crippen molar-refractivity contribution in [2.75, 3.05) is 57.4 Å². The van der Waals surface area contributed by atoms with E-state index in [1.165, 1.54) is 6.07 Å². The van der Waals surface area contributed by atoms with Gasteiger partial charge in [0.2, 0.25) is 5.91 Å². The summed E-state index contributed by atoms with van der Waals surface area (Å²) < 4.78 is 19.5. The Hall–Kier alpha value is -2.17. The number of benzene rings is 1. The maximum Gasteiger partial charge on any atom is 0.239 e. The van der Waals surface area contributed by atoms with Gasteiger partial charge in [-0.05, 0) is 25.1 Å². The highest BCUT2D eigenvalue weighted by atomic mass is 19.1. The number of anilines is 1. The van der Waals surface area contributed by atoms with E-state index in [4.69, 9.17) is 10.00 Å². The van der Waals surface area contributed by atoms with E-state index in [0.717, 1.165) is 0 Å². The molecule has 3 rings (SSSR count). The minimum Gasteiger partial charge on any atom is -0.378 e. The Morgan fingerprint density at radius 3 is 2.48 bits per heavy atom. The maximum absolute atomic E-state index is 14.2. The SMILES string of the molecule is CC(C(=O)N1CCOCC1)N1CCN(c2ccc(C#N)cc2F)CC1. The van der Waals surface area contributed by atoms with E-state index in [9.17, 15) is 9.18 Å². The van der Waals surface area contributed by atoms with E-state index in [1.54, 1.807) is 12.1 Å². The first-order chi connectivity index (χ1) is 12.1. The molecule has 1 aromatic carbocycles. The van der Waals surface area contributed by atoms with Gasteiger partial charge in [-0.1, -0.05) is 0 Å². The Morgan fingerprint density at radius 1 is 1.20 bits per heavy atom. The van der Waals surface area contributed by atoms with Crippen LogP contribution < -0.4 is 4.90 Å². The summed E-state index contributed by atoms with van der Waals surface area (Å²) in [5.41, 5.74) is 0.843. The topological polar surface area (TPSA) is 59.8 Å². The highest BCUT2D eigenvalue weighted by Crippen LogP contribution is 2.22. The van der Waals surface area contributed by atoms with Gasteiger partial charge in [0, 0.05) is 39.3 Å². The zero-order chi connectivity index (χ0) is 17.8. The van der Waals surface area contributed by atoms with Crippen LogP contribution in [0.15, 0.2) is 18.2 Å². The van der Waals surface area contributed by atoms with Crippen LogP contribution in [0.4, 0.5) is 10.1 Å². The van der Waals surface area contributed by atoms with Gasteiger partial charge in [-0.15, -0.1) is 0 Å². The Morgan fingerprint density at radius 2 is 1.88 bits per heavy atom. The van der Waals surface area contributed by atoms with Gasteiger partial charge in [-0.3, -0.25) is 9.69 Å². The predicted octanol–water partition coefficient (Wildman–Crippen LogP) is 1.07. The van der Waals surface area contributed by atoms with Gasteiger partial charge in [0.1, 0.15) is 5.82 Å². The number of nitriles is 1. The number of ether oxygens (including phenoxy) is 1. The first-order valence-corrected chi connectivity index (χ1v) is 8.65. The fourth-order valence-corrected chi connectivity index (χ4v) is 3.39. The Bertz CT molecular complexity index is 662. The normalized spacial score (nSPS) is 20.2. The summed E-state index contributed by atoms with van der Waals surface area (Å²) in [6, 6.07) is 6.33. The molecule has 134 valence electrons. The van der Waals surface area contributed by atoms with Crippen LogP contribution in [0, 0.1) is 17.1 Å². The van der Waals surface area contributed by atoms with Crippen LogP contribution in [0.2, 0.25) is 0 Å². The van der Waals surface area contributed by atoms with Gasteiger partial charge in [-0.25, -0.2) is 4.39 Å². The zero-order valence-corrected chi connectivity index (χ0v) is 14.4. The van der Waals surface area contributed by atoms with Crippen LogP contribution in [0.25, 0.3) is 0 Å². The summed E-state index contributed by atoms with van der Waals surface area (Å²) in [5, 5.41) is 8.84. The number of hydrogen-bond donors (Lipinski definition) is 0. The van der Waals surface area contributed by atoms with Crippen molar-refractivity contribution < 1.29 is 13.9 Å². The van der Waals surface area contributed by atoms with Crippen LogP contribution in [0.5, 0.6) is 0 Å². The van der Waals surface area contributed by atoms with Gasteiger partial charge < -0.3 is 14.5 Å². The lowest BCUT2D eigenvalue weighted by Gasteiger charge is -2.40. The largest absolute Gasteiger partial charge is 0.378 e. The molecule has 1 amide bonds. The molecule has 0 saturated carbocycles. The molecule has 0 spiro atoms. The van der Waals surface area contributed by atoms with E-state index in [2.05, 4.69) is 4.90 Å². The predicted molar refractivity (Wildman–Crippen MR) is 91.8 cm³/mol. The molecule has 6 nitrogen and oxygen atoms in total. The molecule has 0 aromatic heterocycles. The number of nitrogens with zero attached hydrogens (tertiary/aromatic N) is 4. The molecule has 1 unspecified atom stereocenters. The number of amides is 1. The van der Waals surface area contributed by atoms with E-state index >= 15 is 0 Å². The lowest BCUT2D eigenvalue weighted by Crippen LogP contribution is -2.56. The molecular weight excluding hydrogens is 323 g/mol. The minimum atomic E-state index is -0.370. The van der Waals surface area contributed by atoms with Crippen molar-refractivity contribution in [2.24, 2.45) is 0 Å². The summed E-state index contributed by atoms with van der Waals surface area (Å²) in [6.07, 6.45) is 0. The number of rotatable bonds is 3. The van der Waals surface area contributed by atoms with Crippen LogP contribution in [-0.2, 0) is 9.53 Å². The first-order valence-electron chi connectivity index (χ1n) is 8.65. The summed E-state index contributed by atoms with van der Waals surface area (Å²) in [4.78, 5) is 18.6. The molecule has 0 radical (unpaired) electrons. The molecule has 2 saturated heterocycles. The van der Waals surface area contributed by atoms with Gasteiger partial charge in [-0.2, -0.15) is 5.26 Å². The second kappa shape index (κ2) is 7.81. The number of carbonyl (C=O) groups is 1. The highest BCUT2D eigenvalue weighted by Gasteiger charge is 2.30. The standard InChI is InChI=1S/C18H23FN4O2/c1-14(18(24)23-8-10-25-11-9-23)21-4-6-22(7-5-21)17-3-2-15(13-20)12-16(17)19/h2-3,12,14H,4-11H2,1H3. The smallest absolute Gasteiger partial charge is 0.239 e. The Labute approximate surface area is 147 Å². The number of halogens is 1. The van der Waals surface area contributed by atoms with Crippen molar-refractivity contribution in [3.63, 3.8) is 0 Å². The zero-order valence-electron chi connectivity index (χ0n) is 14.4. The van der Waals surface area contributed by atoms with Crippen LogP contribution >= 0.6 is 0 Å². The van der Waals surface area contributed by atoms with Gasteiger partial charge >= 0.3 is 0 Å². The van der Waals surface area contributed by atoms with Gasteiger partial charge in [0.05, 0.1) is 36.6 Å². The Balaban J connectivity index is 1.58. The third-order valence-electron chi connectivity index (χ3n) is 4.96.